The molecule has 1 fully saturated rings. The zero-order valence-corrected chi connectivity index (χ0v) is 19.2. The number of hydrogen-bond donors (Lipinski definition) is 0. The van der Waals surface area contributed by atoms with Gasteiger partial charge in [0.05, 0.1) is 12.3 Å². The predicted octanol–water partition coefficient (Wildman–Crippen LogP) is 5.40. The number of benzene rings is 2. The van der Waals surface area contributed by atoms with Crippen molar-refractivity contribution in [2.75, 3.05) is 26.7 Å². The Balaban J connectivity index is 1.46. The molecule has 0 saturated carbocycles. The summed E-state index contributed by atoms with van der Waals surface area (Å²) < 4.78 is 12.0. The van der Waals surface area contributed by atoms with Crippen molar-refractivity contribution in [1.29, 1.82) is 0 Å². The molecule has 3 aromatic rings. The van der Waals surface area contributed by atoms with Crippen LogP contribution < -0.4 is 9.47 Å². The molecule has 2 heterocycles. The van der Waals surface area contributed by atoms with Gasteiger partial charge in [-0.3, -0.25) is 0 Å². The summed E-state index contributed by atoms with van der Waals surface area (Å²) in [7, 11) is 2.16. The first-order valence-electron chi connectivity index (χ1n) is 11.7. The van der Waals surface area contributed by atoms with E-state index in [2.05, 4.69) is 59.4 Å². The first-order valence-corrected chi connectivity index (χ1v) is 11.7. The van der Waals surface area contributed by atoms with Gasteiger partial charge < -0.3 is 14.4 Å². The van der Waals surface area contributed by atoms with E-state index >= 15 is 0 Å². The fraction of sp³-hybridized carbons (Fsp3) is 0.407. The van der Waals surface area contributed by atoms with Crippen molar-refractivity contribution in [3.63, 3.8) is 0 Å². The van der Waals surface area contributed by atoms with Gasteiger partial charge in [-0.1, -0.05) is 55.8 Å². The number of aromatic nitrogens is 2. The summed E-state index contributed by atoms with van der Waals surface area (Å²) in [5, 5.41) is 8.90. The average molecular weight is 432 g/mol. The van der Waals surface area contributed by atoms with Crippen LogP contribution in [0.1, 0.15) is 37.4 Å². The molecule has 5 nitrogen and oxygen atoms in total. The van der Waals surface area contributed by atoms with Crippen molar-refractivity contribution in [3.05, 3.63) is 71.9 Å². The maximum absolute atomic E-state index is 6.05. The van der Waals surface area contributed by atoms with Crippen LogP contribution in [0.25, 0.3) is 11.1 Å². The van der Waals surface area contributed by atoms with Gasteiger partial charge in [0.15, 0.2) is 0 Å². The Morgan fingerprint density at radius 2 is 1.81 bits per heavy atom. The standard InChI is InChI=1S/C27H33N3O2/c1-3-4-10-26-25(17-27(29-28-26)32-20-22-15-16-30(2)18-22)23-11-13-24(14-12-23)31-19-21-8-6-5-7-9-21/h5-9,11-14,17,22H,3-4,10,15-16,18-20H2,1-2H3. The zero-order valence-electron chi connectivity index (χ0n) is 19.2. The van der Waals surface area contributed by atoms with E-state index < -0.39 is 0 Å². The number of unbranched alkanes of at least 4 members (excludes halogenated alkanes) is 1. The lowest BCUT2D eigenvalue weighted by atomic mass is 10.0. The molecule has 1 saturated heterocycles. The maximum Gasteiger partial charge on any atom is 0.234 e. The second-order valence-electron chi connectivity index (χ2n) is 8.67. The van der Waals surface area contributed by atoms with Crippen molar-refractivity contribution in [3.8, 4) is 22.8 Å². The summed E-state index contributed by atoms with van der Waals surface area (Å²) >= 11 is 0. The molecule has 2 aromatic carbocycles. The van der Waals surface area contributed by atoms with E-state index in [4.69, 9.17) is 9.47 Å². The van der Waals surface area contributed by atoms with E-state index in [0.29, 0.717) is 25.0 Å². The van der Waals surface area contributed by atoms with Crippen LogP contribution in [0.2, 0.25) is 0 Å². The zero-order chi connectivity index (χ0) is 22.2. The quantitative estimate of drug-likeness (QED) is 0.430. The first kappa shape index (κ1) is 22.3. The molecule has 0 bridgehead atoms. The highest BCUT2D eigenvalue weighted by atomic mass is 16.5. The third-order valence-electron chi connectivity index (χ3n) is 5.98. The topological polar surface area (TPSA) is 47.5 Å². The summed E-state index contributed by atoms with van der Waals surface area (Å²) in [6.07, 6.45) is 4.31. The van der Waals surface area contributed by atoms with Gasteiger partial charge in [0, 0.05) is 24.1 Å². The van der Waals surface area contributed by atoms with Crippen molar-refractivity contribution >= 4 is 0 Å². The van der Waals surface area contributed by atoms with Crippen LogP contribution in [0.3, 0.4) is 0 Å². The van der Waals surface area contributed by atoms with Gasteiger partial charge in [0.1, 0.15) is 12.4 Å². The van der Waals surface area contributed by atoms with Crippen LogP contribution in [-0.2, 0) is 13.0 Å². The Hall–Kier alpha value is -2.92. The molecule has 0 radical (unpaired) electrons. The SMILES string of the molecule is CCCCc1nnc(OCC2CCN(C)C2)cc1-c1ccc(OCc2ccccc2)cc1. The summed E-state index contributed by atoms with van der Waals surface area (Å²) in [6.45, 7) is 5.67. The molecule has 1 unspecified atom stereocenters. The molecule has 0 N–H and O–H groups in total. The van der Waals surface area contributed by atoms with Crippen molar-refractivity contribution in [2.45, 2.75) is 39.2 Å². The molecule has 1 atom stereocenters. The van der Waals surface area contributed by atoms with Crippen LogP contribution in [-0.4, -0.2) is 41.8 Å². The molecule has 4 rings (SSSR count). The largest absolute Gasteiger partial charge is 0.489 e. The lowest BCUT2D eigenvalue weighted by Gasteiger charge is -2.14. The number of hydrogen-bond acceptors (Lipinski definition) is 5. The number of nitrogens with zero attached hydrogens (tertiary/aromatic N) is 3. The van der Waals surface area contributed by atoms with Gasteiger partial charge in [0.2, 0.25) is 5.88 Å². The van der Waals surface area contributed by atoms with Crippen LogP contribution in [0, 0.1) is 5.92 Å². The predicted molar refractivity (Wildman–Crippen MR) is 128 cm³/mol. The number of aryl methyl sites for hydroxylation is 1. The van der Waals surface area contributed by atoms with E-state index in [0.717, 1.165) is 60.5 Å². The molecular formula is C27H33N3O2. The van der Waals surface area contributed by atoms with Crippen molar-refractivity contribution in [1.82, 2.24) is 15.1 Å². The molecule has 32 heavy (non-hydrogen) atoms. The van der Waals surface area contributed by atoms with Crippen molar-refractivity contribution in [2.24, 2.45) is 5.92 Å². The highest BCUT2D eigenvalue weighted by Crippen LogP contribution is 2.29. The number of ether oxygens (including phenoxy) is 2. The van der Waals surface area contributed by atoms with Crippen LogP contribution in [0.15, 0.2) is 60.7 Å². The fourth-order valence-electron chi connectivity index (χ4n) is 4.09. The monoisotopic (exact) mass is 431 g/mol. The average Bonchev–Trinajstić information content (AvgIpc) is 3.26. The first-order chi connectivity index (χ1) is 15.7. The third-order valence-corrected chi connectivity index (χ3v) is 5.98. The fourth-order valence-corrected chi connectivity index (χ4v) is 4.09. The normalized spacial score (nSPS) is 16.2. The molecular weight excluding hydrogens is 398 g/mol. The van der Waals surface area contributed by atoms with Crippen molar-refractivity contribution < 1.29 is 9.47 Å². The summed E-state index contributed by atoms with van der Waals surface area (Å²) in [6, 6.07) is 20.5. The Morgan fingerprint density at radius 3 is 2.53 bits per heavy atom. The minimum Gasteiger partial charge on any atom is -0.489 e. The number of rotatable bonds is 10. The van der Waals surface area contributed by atoms with Gasteiger partial charge in [-0.05, 0) is 56.1 Å². The molecule has 0 spiro atoms. The highest BCUT2D eigenvalue weighted by molar-refractivity contribution is 5.67. The Bertz CT molecular complexity index is 976. The second-order valence-corrected chi connectivity index (χ2v) is 8.67. The van der Waals surface area contributed by atoms with Crippen LogP contribution in [0.5, 0.6) is 11.6 Å². The Kier molecular flexibility index (Phi) is 7.73. The van der Waals surface area contributed by atoms with Gasteiger partial charge in [0.25, 0.3) is 0 Å². The molecule has 168 valence electrons. The van der Waals surface area contributed by atoms with Crippen LogP contribution in [0.4, 0.5) is 0 Å². The summed E-state index contributed by atoms with van der Waals surface area (Å²) in [5.74, 6) is 2.03. The summed E-state index contributed by atoms with van der Waals surface area (Å²) in [4.78, 5) is 2.35. The van der Waals surface area contributed by atoms with E-state index in [1.165, 1.54) is 6.42 Å². The molecule has 0 aliphatic carbocycles. The minimum absolute atomic E-state index is 0.561. The van der Waals surface area contributed by atoms with E-state index in [-0.39, 0.29) is 0 Å². The van der Waals surface area contributed by atoms with E-state index in [1.807, 2.05) is 30.3 Å². The Labute approximate surface area is 191 Å². The van der Waals surface area contributed by atoms with Crippen LogP contribution >= 0.6 is 0 Å². The lowest BCUT2D eigenvalue weighted by molar-refractivity contribution is 0.238. The lowest BCUT2D eigenvalue weighted by Crippen LogP contribution is -2.18. The number of likely N-dealkylation sites (tertiary alicyclic amines) is 1. The van der Waals surface area contributed by atoms with E-state index in [9.17, 15) is 0 Å². The second kappa shape index (κ2) is 11.1. The summed E-state index contributed by atoms with van der Waals surface area (Å²) in [5.41, 5.74) is 4.40. The Morgan fingerprint density at radius 1 is 1.00 bits per heavy atom. The van der Waals surface area contributed by atoms with Gasteiger partial charge >= 0.3 is 0 Å². The highest BCUT2D eigenvalue weighted by Gasteiger charge is 2.20. The maximum atomic E-state index is 6.05. The van der Waals surface area contributed by atoms with Gasteiger partial charge in [-0.2, -0.15) is 5.10 Å². The molecule has 1 aromatic heterocycles. The van der Waals surface area contributed by atoms with Gasteiger partial charge in [-0.25, -0.2) is 0 Å². The third kappa shape index (κ3) is 6.07. The van der Waals surface area contributed by atoms with E-state index in [1.54, 1.807) is 0 Å². The minimum atomic E-state index is 0.561. The van der Waals surface area contributed by atoms with Gasteiger partial charge in [-0.15, -0.1) is 5.10 Å². The molecule has 1 aliphatic heterocycles. The molecule has 0 amide bonds. The molecule has 1 aliphatic rings. The molecule has 5 heteroatoms. The smallest absolute Gasteiger partial charge is 0.234 e.